The minimum absolute atomic E-state index is 0.0381. The van der Waals surface area contributed by atoms with Crippen LogP contribution < -0.4 is 16.2 Å². The van der Waals surface area contributed by atoms with E-state index in [0.29, 0.717) is 61.4 Å². The molecule has 2 aliphatic heterocycles. The van der Waals surface area contributed by atoms with Crippen LogP contribution in [-0.2, 0) is 11.8 Å². The third-order valence-electron chi connectivity index (χ3n) is 8.71. The number of aromatic nitrogens is 2. The molecule has 1 aliphatic carbocycles. The number of fused-ring (bicyclic) bond motifs is 1. The van der Waals surface area contributed by atoms with Gasteiger partial charge in [0.2, 0.25) is 0 Å². The number of urea groups is 1. The lowest BCUT2D eigenvalue weighted by Gasteiger charge is -2.36. The summed E-state index contributed by atoms with van der Waals surface area (Å²) in [5, 5.41) is 6.24. The Labute approximate surface area is 251 Å². The molecule has 2 saturated heterocycles. The molecule has 3 amide bonds. The monoisotopic (exact) mass is 582 g/mol. The summed E-state index contributed by atoms with van der Waals surface area (Å²) >= 11 is 0. The fourth-order valence-electron chi connectivity index (χ4n) is 6.15. The van der Waals surface area contributed by atoms with Crippen molar-refractivity contribution in [2.24, 2.45) is 13.0 Å². The Morgan fingerprint density at radius 2 is 1.79 bits per heavy atom. The van der Waals surface area contributed by atoms with Crippen molar-refractivity contribution in [3.8, 4) is 11.3 Å². The summed E-state index contributed by atoms with van der Waals surface area (Å²) in [6.45, 7) is 5.64. The van der Waals surface area contributed by atoms with Crippen molar-refractivity contribution in [2.45, 2.75) is 32.6 Å². The van der Waals surface area contributed by atoms with Gasteiger partial charge in [-0.3, -0.25) is 9.59 Å². The van der Waals surface area contributed by atoms with Crippen LogP contribution in [0.5, 0.6) is 0 Å². The first-order chi connectivity index (χ1) is 20.9. The summed E-state index contributed by atoms with van der Waals surface area (Å²) in [6.07, 6.45) is 8.60. The zero-order chi connectivity index (χ0) is 29.9. The first-order valence-electron chi connectivity index (χ1n) is 15.0. The zero-order valence-electron chi connectivity index (χ0n) is 24.8. The van der Waals surface area contributed by atoms with Gasteiger partial charge in [-0.15, -0.1) is 0 Å². The average molecular weight is 583 g/mol. The Morgan fingerprint density at radius 3 is 2.58 bits per heavy atom. The number of aryl methyl sites for hydroxylation is 1. The van der Waals surface area contributed by atoms with Gasteiger partial charge < -0.3 is 29.7 Å². The fraction of sp³-hybridized carbons (Fsp3) is 0.394. The number of nitrogens with one attached hydrogen (secondary N) is 2. The Balaban J connectivity index is 1.19. The molecule has 3 heterocycles. The van der Waals surface area contributed by atoms with E-state index in [9.17, 15) is 14.4 Å². The SMILES string of the molecule is Cc1c(NC(=O)N2CCC3CCCC=C3C2)cccc1-c1cn(C)c(=O)c(Nc2ccc(C(=O)N3CCOCC3)cc2)n1. The lowest BCUT2D eigenvalue weighted by Crippen LogP contribution is -2.42. The number of ether oxygens (including phenoxy) is 1. The standard InChI is InChI=1S/C33H38N6O4/c1-22-27(8-5-9-28(22)36-33(42)39-15-14-23-6-3-4-7-25(23)20-39)29-21-37(2)32(41)30(35-29)34-26-12-10-24(11-13-26)31(40)38-16-18-43-19-17-38/h5,7-13,21,23H,3-4,6,14-20H2,1-2H3,(H,34,35)(H,36,42). The van der Waals surface area contributed by atoms with Gasteiger partial charge in [0.05, 0.1) is 18.9 Å². The summed E-state index contributed by atoms with van der Waals surface area (Å²) in [7, 11) is 1.69. The maximum absolute atomic E-state index is 13.2. The number of anilines is 3. The normalized spacial score (nSPS) is 18.5. The number of hydrogen-bond donors (Lipinski definition) is 2. The Morgan fingerprint density at radius 1 is 1.00 bits per heavy atom. The summed E-state index contributed by atoms with van der Waals surface area (Å²) in [4.78, 5) is 47.4. The summed E-state index contributed by atoms with van der Waals surface area (Å²) < 4.78 is 6.83. The van der Waals surface area contributed by atoms with Crippen LogP contribution in [0.3, 0.4) is 0 Å². The van der Waals surface area contributed by atoms with E-state index in [1.54, 1.807) is 42.4 Å². The van der Waals surface area contributed by atoms with Crippen molar-refractivity contribution in [1.82, 2.24) is 19.4 Å². The molecule has 1 atom stereocenters. The van der Waals surface area contributed by atoms with E-state index in [2.05, 4.69) is 21.7 Å². The van der Waals surface area contributed by atoms with Gasteiger partial charge in [0.1, 0.15) is 0 Å². The highest BCUT2D eigenvalue weighted by atomic mass is 16.5. The third-order valence-corrected chi connectivity index (χ3v) is 8.71. The van der Waals surface area contributed by atoms with E-state index < -0.39 is 0 Å². The maximum atomic E-state index is 13.2. The van der Waals surface area contributed by atoms with E-state index in [-0.39, 0.29) is 23.3 Å². The topological polar surface area (TPSA) is 109 Å². The number of benzene rings is 2. The van der Waals surface area contributed by atoms with Crippen molar-refractivity contribution < 1.29 is 14.3 Å². The van der Waals surface area contributed by atoms with Crippen molar-refractivity contribution in [1.29, 1.82) is 0 Å². The number of amides is 3. The lowest BCUT2D eigenvalue weighted by atomic mass is 9.82. The van der Waals surface area contributed by atoms with Crippen molar-refractivity contribution >= 4 is 29.1 Å². The van der Waals surface area contributed by atoms with E-state index in [1.165, 1.54) is 23.0 Å². The Kier molecular flexibility index (Phi) is 8.29. The van der Waals surface area contributed by atoms with E-state index in [4.69, 9.17) is 4.74 Å². The molecule has 6 rings (SSSR count). The number of piperidine rings is 1. The molecule has 2 aromatic carbocycles. The van der Waals surface area contributed by atoms with Gasteiger partial charge in [-0.2, -0.15) is 0 Å². The van der Waals surface area contributed by atoms with Gasteiger partial charge in [-0.25, -0.2) is 9.78 Å². The average Bonchev–Trinajstić information content (AvgIpc) is 3.04. The number of carbonyl (C=O) groups excluding carboxylic acids is 2. The van der Waals surface area contributed by atoms with Crippen LogP contribution in [0.25, 0.3) is 11.3 Å². The molecule has 43 heavy (non-hydrogen) atoms. The second-order valence-corrected chi connectivity index (χ2v) is 11.5. The smallest absolute Gasteiger partial charge is 0.322 e. The molecule has 0 bridgehead atoms. The number of nitrogens with zero attached hydrogens (tertiary/aromatic N) is 4. The highest BCUT2D eigenvalue weighted by Gasteiger charge is 2.28. The highest BCUT2D eigenvalue weighted by Crippen LogP contribution is 2.33. The van der Waals surface area contributed by atoms with Crippen LogP contribution >= 0.6 is 0 Å². The molecule has 3 aromatic rings. The van der Waals surface area contributed by atoms with Crippen molar-refractivity contribution in [2.75, 3.05) is 50.0 Å². The zero-order valence-corrected chi connectivity index (χ0v) is 24.8. The number of morpholine rings is 1. The van der Waals surface area contributed by atoms with Crippen molar-refractivity contribution in [3.05, 3.63) is 81.8 Å². The molecular weight excluding hydrogens is 544 g/mol. The number of hydrogen-bond acceptors (Lipinski definition) is 6. The molecule has 1 aromatic heterocycles. The second kappa shape index (κ2) is 12.4. The van der Waals surface area contributed by atoms with Gasteiger partial charge in [-0.05, 0) is 74.4 Å². The van der Waals surface area contributed by atoms with Crippen LogP contribution in [0.15, 0.2) is 65.1 Å². The van der Waals surface area contributed by atoms with Gasteiger partial charge >= 0.3 is 6.03 Å². The number of likely N-dealkylation sites (tertiary alicyclic amines) is 1. The van der Waals surface area contributed by atoms with Crippen LogP contribution in [0.1, 0.15) is 41.6 Å². The van der Waals surface area contributed by atoms with E-state index in [0.717, 1.165) is 30.5 Å². The molecule has 224 valence electrons. The predicted octanol–water partition coefficient (Wildman–Crippen LogP) is 4.94. The first kappa shape index (κ1) is 28.7. The molecular formula is C33H38N6O4. The van der Waals surface area contributed by atoms with Gasteiger partial charge in [0.25, 0.3) is 11.5 Å². The number of allylic oxidation sites excluding steroid dienone is 1. The Hall–Kier alpha value is -4.44. The minimum Gasteiger partial charge on any atom is -0.378 e. The lowest BCUT2D eigenvalue weighted by molar-refractivity contribution is 0.0303. The van der Waals surface area contributed by atoms with Gasteiger partial charge in [-0.1, -0.05) is 23.8 Å². The molecule has 2 fully saturated rings. The van der Waals surface area contributed by atoms with Crippen LogP contribution in [-0.4, -0.2) is 70.7 Å². The minimum atomic E-state index is -0.278. The molecule has 10 heteroatoms. The molecule has 2 N–H and O–H groups in total. The Bertz CT molecular complexity index is 1610. The third kappa shape index (κ3) is 6.19. The largest absolute Gasteiger partial charge is 0.378 e. The molecule has 1 unspecified atom stereocenters. The number of rotatable bonds is 5. The fourth-order valence-corrected chi connectivity index (χ4v) is 6.15. The molecule has 0 saturated carbocycles. The van der Waals surface area contributed by atoms with Gasteiger partial charge in [0, 0.05) is 61.9 Å². The van der Waals surface area contributed by atoms with Crippen molar-refractivity contribution in [3.63, 3.8) is 0 Å². The van der Waals surface area contributed by atoms with Crippen LogP contribution in [0, 0.1) is 12.8 Å². The summed E-state index contributed by atoms with van der Waals surface area (Å²) in [5.74, 6) is 0.755. The van der Waals surface area contributed by atoms with E-state index in [1.807, 2.05) is 30.0 Å². The van der Waals surface area contributed by atoms with Crippen LogP contribution in [0.2, 0.25) is 0 Å². The summed E-state index contributed by atoms with van der Waals surface area (Å²) in [5.41, 5.74) is 5.35. The first-order valence-corrected chi connectivity index (χ1v) is 15.0. The molecule has 3 aliphatic rings. The predicted molar refractivity (Wildman–Crippen MR) is 167 cm³/mol. The van der Waals surface area contributed by atoms with Crippen LogP contribution in [0.4, 0.5) is 22.0 Å². The van der Waals surface area contributed by atoms with Gasteiger partial charge in [0.15, 0.2) is 5.82 Å². The highest BCUT2D eigenvalue weighted by molar-refractivity contribution is 5.95. The maximum Gasteiger partial charge on any atom is 0.322 e. The summed E-state index contributed by atoms with van der Waals surface area (Å²) in [6, 6.07) is 12.7. The molecule has 0 radical (unpaired) electrons. The quantitative estimate of drug-likeness (QED) is 0.413. The van der Waals surface area contributed by atoms with E-state index >= 15 is 0 Å². The molecule has 10 nitrogen and oxygen atoms in total. The number of carbonyl (C=O) groups is 2. The molecule has 0 spiro atoms. The second-order valence-electron chi connectivity index (χ2n) is 11.5.